The summed E-state index contributed by atoms with van der Waals surface area (Å²) in [5.74, 6) is 1.34. The molecule has 0 bridgehead atoms. The molecule has 1 fully saturated rings. The van der Waals surface area contributed by atoms with E-state index in [2.05, 4.69) is 25.2 Å². The molecule has 130 valence electrons. The van der Waals surface area contributed by atoms with Crippen molar-refractivity contribution in [1.29, 1.82) is 0 Å². The molecule has 1 saturated heterocycles. The largest absolute Gasteiger partial charge is 0.338 e. The quantitative estimate of drug-likeness (QED) is 0.711. The number of piperidine rings is 1. The first-order valence-corrected chi connectivity index (χ1v) is 9.10. The lowest BCUT2D eigenvalue weighted by Gasteiger charge is -2.30. The maximum absolute atomic E-state index is 13.9. The molecule has 6 nitrogen and oxygen atoms in total. The Hall–Kier alpha value is -2.19. The van der Waals surface area contributed by atoms with Gasteiger partial charge in [-0.3, -0.25) is 4.90 Å². The van der Waals surface area contributed by atoms with Gasteiger partial charge < -0.3 is 4.52 Å². The maximum Gasteiger partial charge on any atom is 0.240 e. The van der Waals surface area contributed by atoms with Crippen molar-refractivity contribution in [2.45, 2.75) is 32.2 Å². The molecule has 4 rings (SSSR count). The molecule has 3 heterocycles. The Morgan fingerprint density at radius 3 is 3.00 bits per heavy atom. The SMILES string of the molecule is Cc1noc(CN2CCCC(c3nnc(-c4ccccc4F)s3)C2)n1. The molecule has 1 aromatic carbocycles. The number of hydrogen-bond donors (Lipinski definition) is 0. The molecule has 2 aromatic heterocycles. The van der Waals surface area contributed by atoms with Gasteiger partial charge in [-0.1, -0.05) is 28.6 Å². The highest BCUT2D eigenvalue weighted by molar-refractivity contribution is 7.14. The molecule has 1 atom stereocenters. The molecule has 0 radical (unpaired) electrons. The Kier molecular flexibility index (Phi) is 4.54. The fourth-order valence-electron chi connectivity index (χ4n) is 3.14. The topological polar surface area (TPSA) is 67.9 Å². The van der Waals surface area contributed by atoms with Gasteiger partial charge in [0.1, 0.15) is 10.8 Å². The monoisotopic (exact) mass is 359 g/mol. The van der Waals surface area contributed by atoms with Crippen LogP contribution in [0.1, 0.15) is 35.5 Å². The van der Waals surface area contributed by atoms with E-state index in [1.807, 2.05) is 13.0 Å². The molecule has 1 unspecified atom stereocenters. The van der Waals surface area contributed by atoms with Gasteiger partial charge in [0.2, 0.25) is 5.89 Å². The van der Waals surface area contributed by atoms with Crippen LogP contribution in [0.3, 0.4) is 0 Å². The average Bonchev–Trinajstić information content (AvgIpc) is 3.25. The summed E-state index contributed by atoms with van der Waals surface area (Å²) in [6, 6.07) is 6.68. The first kappa shape index (κ1) is 16.3. The number of hydrogen-bond acceptors (Lipinski definition) is 7. The molecule has 3 aromatic rings. The van der Waals surface area contributed by atoms with E-state index in [-0.39, 0.29) is 5.82 Å². The molecule has 0 spiro atoms. The zero-order chi connectivity index (χ0) is 17.2. The summed E-state index contributed by atoms with van der Waals surface area (Å²) in [6.07, 6.45) is 2.14. The van der Waals surface area contributed by atoms with Crippen LogP contribution in [0.5, 0.6) is 0 Å². The third-order valence-electron chi connectivity index (χ3n) is 4.33. The number of rotatable bonds is 4. The minimum absolute atomic E-state index is 0.262. The number of likely N-dealkylation sites (tertiary alicyclic amines) is 1. The van der Waals surface area contributed by atoms with Crippen LogP contribution in [0.2, 0.25) is 0 Å². The van der Waals surface area contributed by atoms with E-state index < -0.39 is 0 Å². The van der Waals surface area contributed by atoms with Crippen LogP contribution in [0, 0.1) is 12.7 Å². The van der Waals surface area contributed by atoms with Crippen LogP contribution in [-0.4, -0.2) is 38.3 Å². The summed E-state index contributed by atoms with van der Waals surface area (Å²) >= 11 is 1.48. The van der Waals surface area contributed by atoms with E-state index in [4.69, 9.17) is 4.52 Å². The molecule has 0 N–H and O–H groups in total. The van der Waals surface area contributed by atoms with E-state index in [1.54, 1.807) is 12.1 Å². The lowest BCUT2D eigenvalue weighted by Crippen LogP contribution is -2.34. The van der Waals surface area contributed by atoms with Crippen molar-refractivity contribution in [2.24, 2.45) is 0 Å². The Morgan fingerprint density at radius 1 is 1.32 bits per heavy atom. The summed E-state index contributed by atoms with van der Waals surface area (Å²) in [5.41, 5.74) is 0.514. The van der Waals surface area contributed by atoms with Crippen molar-refractivity contribution >= 4 is 11.3 Å². The summed E-state index contributed by atoms with van der Waals surface area (Å²) < 4.78 is 19.2. The van der Waals surface area contributed by atoms with Gasteiger partial charge in [0.05, 0.1) is 6.54 Å². The van der Waals surface area contributed by atoms with Crippen molar-refractivity contribution in [1.82, 2.24) is 25.2 Å². The van der Waals surface area contributed by atoms with Crippen LogP contribution in [0.4, 0.5) is 4.39 Å². The number of aromatic nitrogens is 4. The van der Waals surface area contributed by atoms with Gasteiger partial charge in [-0.05, 0) is 38.4 Å². The predicted molar refractivity (Wildman–Crippen MR) is 91.6 cm³/mol. The third-order valence-corrected chi connectivity index (χ3v) is 5.45. The highest BCUT2D eigenvalue weighted by atomic mass is 32.1. The fourth-order valence-corrected chi connectivity index (χ4v) is 4.14. The highest BCUT2D eigenvalue weighted by Gasteiger charge is 2.26. The molecular formula is C17H18FN5OS. The summed E-state index contributed by atoms with van der Waals surface area (Å²) in [6.45, 7) is 4.33. The minimum atomic E-state index is -0.262. The first-order valence-electron chi connectivity index (χ1n) is 8.29. The second kappa shape index (κ2) is 6.97. The lowest BCUT2D eigenvalue weighted by molar-refractivity contribution is 0.176. The zero-order valence-electron chi connectivity index (χ0n) is 13.9. The van der Waals surface area contributed by atoms with Gasteiger partial charge in [0, 0.05) is 18.0 Å². The van der Waals surface area contributed by atoms with Crippen LogP contribution < -0.4 is 0 Å². The van der Waals surface area contributed by atoms with E-state index in [0.717, 1.165) is 30.9 Å². The Labute approximate surface area is 148 Å². The van der Waals surface area contributed by atoms with E-state index in [9.17, 15) is 4.39 Å². The number of aryl methyl sites for hydroxylation is 1. The van der Waals surface area contributed by atoms with Gasteiger partial charge >= 0.3 is 0 Å². The minimum Gasteiger partial charge on any atom is -0.338 e. The van der Waals surface area contributed by atoms with Crippen molar-refractivity contribution < 1.29 is 8.91 Å². The normalized spacial score (nSPS) is 18.6. The molecule has 1 aliphatic rings. The predicted octanol–water partition coefficient (Wildman–Crippen LogP) is 3.42. The Morgan fingerprint density at radius 2 is 2.20 bits per heavy atom. The summed E-state index contributed by atoms with van der Waals surface area (Å²) in [4.78, 5) is 6.57. The number of nitrogens with zero attached hydrogens (tertiary/aromatic N) is 5. The molecule has 8 heteroatoms. The van der Waals surface area contributed by atoms with Crippen molar-refractivity contribution in [2.75, 3.05) is 13.1 Å². The van der Waals surface area contributed by atoms with Gasteiger partial charge in [0.15, 0.2) is 10.8 Å². The molecule has 25 heavy (non-hydrogen) atoms. The van der Waals surface area contributed by atoms with Gasteiger partial charge in [-0.15, -0.1) is 10.2 Å². The van der Waals surface area contributed by atoms with Crippen molar-refractivity contribution in [3.8, 4) is 10.6 Å². The van der Waals surface area contributed by atoms with Crippen LogP contribution >= 0.6 is 11.3 Å². The molecule has 1 aliphatic heterocycles. The molecule has 0 aliphatic carbocycles. The van der Waals surface area contributed by atoms with Crippen LogP contribution in [0.25, 0.3) is 10.6 Å². The van der Waals surface area contributed by atoms with Crippen LogP contribution in [-0.2, 0) is 6.54 Å². The molecular weight excluding hydrogens is 341 g/mol. The zero-order valence-corrected chi connectivity index (χ0v) is 14.7. The van der Waals surface area contributed by atoms with Crippen LogP contribution in [0.15, 0.2) is 28.8 Å². The van der Waals surface area contributed by atoms with E-state index in [1.165, 1.54) is 17.4 Å². The standard InChI is InChI=1S/C17H18FN5OS/c1-11-19-15(24-22-11)10-23-8-4-5-12(9-23)16-20-21-17(25-16)13-6-2-3-7-14(13)18/h2-3,6-7,12H,4-5,8-10H2,1H3. The first-order chi connectivity index (χ1) is 12.2. The second-order valence-electron chi connectivity index (χ2n) is 6.23. The second-order valence-corrected chi connectivity index (χ2v) is 7.24. The smallest absolute Gasteiger partial charge is 0.240 e. The maximum atomic E-state index is 13.9. The summed E-state index contributed by atoms with van der Waals surface area (Å²) in [5, 5.41) is 14.0. The lowest BCUT2D eigenvalue weighted by atomic mass is 9.99. The van der Waals surface area contributed by atoms with Gasteiger partial charge in [0.25, 0.3) is 0 Å². The Bertz CT molecular complexity index is 864. The Balaban J connectivity index is 1.47. The average molecular weight is 359 g/mol. The van der Waals surface area contributed by atoms with Crippen molar-refractivity contribution in [3.63, 3.8) is 0 Å². The summed E-state index contributed by atoms with van der Waals surface area (Å²) in [7, 11) is 0. The van der Waals surface area contributed by atoms with Crippen molar-refractivity contribution in [3.05, 3.63) is 46.8 Å². The molecule has 0 amide bonds. The molecule has 0 saturated carbocycles. The van der Waals surface area contributed by atoms with Gasteiger partial charge in [-0.25, -0.2) is 4.39 Å². The third kappa shape index (κ3) is 3.59. The highest BCUT2D eigenvalue weighted by Crippen LogP contribution is 2.33. The van der Waals surface area contributed by atoms with E-state index in [0.29, 0.717) is 34.7 Å². The number of benzene rings is 1. The fraction of sp³-hybridized carbons (Fsp3) is 0.412. The van der Waals surface area contributed by atoms with E-state index >= 15 is 0 Å². The number of halogens is 1. The van der Waals surface area contributed by atoms with Gasteiger partial charge in [-0.2, -0.15) is 4.98 Å².